The molecule has 7 heteroatoms. The maximum absolute atomic E-state index is 11.7. The fourth-order valence-electron chi connectivity index (χ4n) is 1.94. The van der Waals surface area contributed by atoms with E-state index in [1.807, 2.05) is 0 Å². The van der Waals surface area contributed by atoms with Crippen LogP contribution < -0.4 is 9.44 Å². The molecule has 0 heterocycles. The molecule has 1 unspecified atom stereocenters. The van der Waals surface area contributed by atoms with Crippen molar-refractivity contribution in [3.8, 4) is 0 Å². The van der Waals surface area contributed by atoms with Crippen LogP contribution in [0.3, 0.4) is 0 Å². The van der Waals surface area contributed by atoms with Crippen molar-refractivity contribution in [2.75, 3.05) is 0 Å². The van der Waals surface area contributed by atoms with E-state index >= 15 is 0 Å². The number of carboxylic acid groups (broad SMARTS) is 1. The van der Waals surface area contributed by atoms with E-state index in [1.54, 1.807) is 13.8 Å². The summed E-state index contributed by atoms with van der Waals surface area (Å²) in [5.41, 5.74) is 0. The first-order chi connectivity index (χ1) is 7.82. The van der Waals surface area contributed by atoms with Gasteiger partial charge in [0.15, 0.2) is 0 Å². The molecular weight excluding hydrogens is 244 g/mol. The van der Waals surface area contributed by atoms with Crippen molar-refractivity contribution >= 4 is 16.2 Å². The van der Waals surface area contributed by atoms with E-state index in [0.717, 1.165) is 25.7 Å². The first-order valence-corrected chi connectivity index (χ1v) is 7.32. The van der Waals surface area contributed by atoms with Crippen molar-refractivity contribution in [3.05, 3.63) is 0 Å². The number of hydrogen-bond donors (Lipinski definition) is 3. The highest BCUT2D eigenvalue weighted by Gasteiger charge is 2.29. The molecule has 1 atom stereocenters. The third-order valence-electron chi connectivity index (χ3n) is 2.89. The molecule has 1 aliphatic carbocycles. The van der Waals surface area contributed by atoms with Crippen molar-refractivity contribution in [3.63, 3.8) is 0 Å². The third kappa shape index (κ3) is 4.61. The Balaban J connectivity index is 2.60. The molecule has 0 bridgehead atoms. The summed E-state index contributed by atoms with van der Waals surface area (Å²) in [4.78, 5) is 10.9. The van der Waals surface area contributed by atoms with Crippen LogP contribution in [0.2, 0.25) is 0 Å². The van der Waals surface area contributed by atoms with Crippen LogP contribution in [0.25, 0.3) is 0 Å². The number of hydrogen-bond acceptors (Lipinski definition) is 3. The van der Waals surface area contributed by atoms with Gasteiger partial charge in [0.25, 0.3) is 10.2 Å². The van der Waals surface area contributed by atoms with Gasteiger partial charge < -0.3 is 5.11 Å². The Bertz CT molecular complexity index is 361. The highest BCUT2D eigenvalue weighted by atomic mass is 32.2. The van der Waals surface area contributed by atoms with Crippen molar-refractivity contribution in [1.82, 2.24) is 9.44 Å². The van der Waals surface area contributed by atoms with Crippen LogP contribution in [0.1, 0.15) is 39.5 Å². The molecule has 1 saturated carbocycles. The minimum absolute atomic E-state index is 0.0610. The van der Waals surface area contributed by atoms with E-state index in [2.05, 4.69) is 9.44 Å². The van der Waals surface area contributed by atoms with Gasteiger partial charge in [0.1, 0.15) is 6.04 Å². The Kier molecular flexibility index (Phi) is 4.91. The lowest BCUT2D eigenvalue weighted by atomic mass is 10.1. The predicted molar refractivity (Wildman–Crippen MR) is 63.7 cm³/mol. The zero-order valence-electron chi connectivity index (χ0n) is 10.1. The molecule has 100 valence electrons. The van der Waals surface area contributed by atoms with Gasteiger partial charge in [-0.3, -0.25) is 4.79 Å². The number of rotatable bonds is 6. The summed E-state index contributed by atoms with van der Waals surface area (Å²) in [5.74, 6) is -1.45. The van der Waals surface area contributed by atoms with Crippen molar-refractivity contribution in [2.24, 2.45) is 5.92 Å². The first kappa shape index (κ1) is 14.4. The van der Waals surface area contributed by atoms with E-state index in [-0.39, 0.29) is 12.0 Å². The van der Waals surface area contributed by atoms with E-state index in [0.29, 0.717) is 0 Å². The zero-order valence-corrected chi connectivity index (χ0v) is 11.0. The maximum atomic E-state index is 11.7. The van der Waals surface area contributed by atoms with E-state index < -0.39 is 22.2 Å². The van der Waals surface area contributed by atoms with Gasteiger partial charge in [0.05, 0.1) is 0 Å². The Morgan fingerprint density at radius 2 is 1.82 bits per heavy atom. The molecule has 3 N–H and O–H groups in total. The molecule has 1 aliphatic rings. The van der Waals surface area contributed by atoms with Gasteiger partial charge in [0, 0.05) is 6.04 Å². The molecule has 1 rings (SSSR count). The Morgan fingerprint density at radius 3 is 2.24 bits per heavy atom. The Hall–Kier alpha value is -0.660. The number of carboxylic acids is 1. The Morgan fingerprint density at radius 1 is 1.29 bits per heavy atom. The molecular formula is C10H20N2O4S. The first-order valence-electron chi connectivity index (χ1n) is 5.84. The predicted octanol–water partition coefficient (Wildman–Crippen LogP) is 0.462. The molecule has 0 aromatic heterocycles. The summed E-state index contributed by atoms with van der Waals surface area (Å²) in [5, 5.41) is 8.91. The molecule has 0 saturated heterocycles. The SMILES string of the molecule is CC(C)C(NS(=O)(=O)NC1CCCC1)C(=O)O. The highest BCUT2D eigenvalue weighted by molar-refractivity contribution is 7.87. The summed E-state index contributed by atoms with van der Waals surface area (Å²) in [7, 11) is -3.74. The molecule has 0 aromatic rings. The van der Waals surface area contributed by atoms with Gasteiger partial charge in [-0.15, -0.1) is 0 Å². The van der Waals surface area contributed by atoms with Gasteiger partial charge >= 0.3 is 5.97 Å². The second-order valence-electron chi connectivity index (χ2n) is 4.78. The van der Waals surface area contributed by atoms with Crippen LogP contribution in [-0.4, -0.2) is 31.6 Å². The standard InChI is InChI=1S/C10H20N2O4S/c1-7(2)9(10(13)14)12-17(15,16)11-8-5-3-4-6-8/h7-9,11-12H,3-6H2,1-2H3,(H,13,14). The number of nitrogens with one attached hydrogen (secondary N) is 2. The molecule has 17 heavy (non-hydrogen) atoms. The van der Waals surface area contributed by atoms with Gasteiger partial charge in [-0.05, 0) is 18.8 Å². The zero-order chi connectivity index (χ0) is 13.1. The van der Waals surface area contributed by atoms with Crippen molar-refractivity contribution < 1.29 is 18.3 Å². The lowest BCUT2D eigenvalue weighted by Crippen LogP contribution is -2.50. The molecule has 0 aliphatic heterocycles. The minimum atomic E-state index is -3.74. The summed E-state index contributed by atoms with van der Waals surface area (Å²) in [6, 6.07) is -1.15. The van der Waals surface area contributed by atoms with Crippen LogP contribution in [-0.2, 0) is 15.0 Å². The summed E-state index contributed by atoms with van der Waals surface area (Å²) >= 11 is 0. The summed E-state index contributed by atoms with van der Waals surface area (Å²) < 4.78 is 28.1. The van der Waals surface area contributed by atoms with Crippen molar-refractivity contribution in [2.45, 2.75) is 51.6 Å². The Labute approximate surface area is 102 Å². The third-order valence-corrected chi connectivity index (χ3v) is 4.10. The lowest BCUT2D eigenvalue weighted by Gasteiger charge is -2.20. The topological polar surface area (TPSA) is 95.5 Å². The van der Waals surface area contributed by atoms with Gasteiger partial charge in [-0.25, -0.2) is 0 Å². The van der Waals surface area contributed by atoms with E-state index in [1.165, 1.54) is 0 Å². The van der Waals surface area contributed by atoms with Gasteiger partial charge in [-0.1, -0.05) is 26.7 Å². The lowest BCUT2D eigenvalue weighted by molar-refractivity contribution is -0.140. The van der Waals surface area contributed by atoms with Crippen molar-refractivity contribution in [1.29, 1.82) is 0 Å². The minimum Gasteiger partial charge on any atom is -0.480 e. The maximum Gasteiger partial charge on any atom is 0.322 e. The monoisotopic (exact) mass is 264 g/mol. The number of aliphatic carboxylic acids is 1. The summed E-state index contributed by atoms with van der Waals surface area (Å²) in [6.45, 7) is 3.33. The average molecular weight is 264 g/mol. The molecule has 0 aromatic carbocycles. The fourth-order valence-corrected chi connectivity index (χ4v) is 3.39. The fraction of sp³-hybridized carbons (Fsp3) is 0.900. The second-order valence-corrected chi connectivity index (χ2v) is 6.26. The largest absolute Gasteiger partial charge is 0.480 e. The normalized spacial score (nSPS) is 19.7. The second kappa shape index (κ2) is 5.79. The molecule has 6 nitrogen and oxygen atoms in total. The highest BCUT2D eigenvalue weighted by Crippen LogP contribution is 2.18. The smallest absolute Gasteiger partial charge is 0.322 e. The van der Waals surface area contributed by atoms with E-state index in [4.69, 9.17) is 5.11 Å². The van der Waals surface area contributed by atoms with Crippen LogP contribution >= 0.6 is 0 Å². The van der Waals surface area contributed by atoms with E-state index in [9.17, 15) is 13.2 Å². The molecule has 1 fully saturated rings. The number of carbonyl (C=O) groups is 1. The van der Waals surface area contributed by atoms with Crippen LogP contribution in [0.4, 0.5) is 0 Å². The molecule has 0 radical (unpaired) electrons. The van der Waals surface area contributed by atoms with Crippen LogP contribution in [0.5, 0.6) is 0 Å². The molecule has 0 amide bonds. The van der Waals surface area contributed by atoms with Gasteiger partial charge in [0.2, 0.25) is 0 Å². The summed E-state index contributed by atoms with van der Waals surface area (Å²) in [6.07, 6.45) is 3.67. The molecule has 0 spiro atoms. The van der Waals surface area contributed by atoms with Crippen LogP contribution in [0, 0.1) is 5.92 Å². The quantitative estimate of drug-likeness (QED) is 0.649. The van der Waals surface area contributed by atoms with Gasteiger partial charge in [-0.2, -0.15) is 17.9 Å². The average Bonchev–Trinajstić information content (AvgIpc) is 2.65. The van der Waals surface area contributed by atoms with Crippen LogP contribution in [0.15, 0.2) is 0 Å².